The van der Waals surface area contributed by atoms with Crippen LogP contribution in [0.25, 0.3) is 0 Å². The van der Waals surface area contributed by atoms with Gasteiger partial charge in [0.25, 0.3) is 0 Å². The fourth-order valence-electron chi connectivity index (χ4n) is 1.88. The number of carboxylic acid groups (broad SMARTS) is 1. The highest BCUT2D eigenvalue weighted by Gasteiger charge is 2.23. The summed E-state index contributed by atoms with van der Waals surface area (Å²) in [4.78, 5) is 13.1. The number of hydrogen-bond acceptors (Lipinski definition) is 6. The van der Waals surface area contributed by atoms with E-state index in [1.54, 1.807) is 0 Å². The fourth-order valence-corrected chi connectivity index (χ4v) is 6.28. The van der Waals surface area contributed by atoms with E-state index < -0.39 is 16.0 Å². The number of hydrogen-bond donors (Lipinski definition) is 2. The Balaban J connectivity index is 1.96. The molecule has 0 aliphatic carbocycles. The van der Waals surface area contributed by atoms with Gasteiger partial charge in [-0.2, -0.15) is 11.8 Å². The Bertz CT molecular complexity index is 611. The minimum Gasteiger partial charge on any atom is -0.477 e. The number of carbonyl (C=O) groups is 1. The second-order valence-electron chi connectivity index (χ2n) is 4.41. The first kappa shape index (κ1) is 17.2. The summed E-state index contributed by atoms with van der Waals surface area (Å²) >= 11 is 5.91. The molecule has 1 fully saturated rings. The lowest BCUT2D eigenvalue weighted by Gasteiger charge is -2.25. The van der Waals surface area contributed by atoms with Gasteiger partial charge in [-0.05, 0) is 22.0 Å². The van der Waals surface area contributed by atoms with E-state index in [9.17, 15) is 13.2 Å². The highest BCUT2D eigenvalue weighted by atomic mass is 79.9. The number of nitrogens with one attached hydrogen (secondary N) is 1. The molecule has 10 heteroatoms. The van der Waals surface area contributed by atoms with Crippen molar-refractivity contribution in [2.24, 2.45) is 0 Å². The van der Waals surface area contributed by atoms with Gasteiger partial charge in [-0.1, -0.05) is 0 Å². The summed E-state index contributed by atoms with van der Waals surface area (Å²) in [6.45, 7) is 2.92. The van der Waals surface area contributed by atoms with Crippen molar-refractivity contribution < 1.29 is 18.3 Å². The van der Waals surface area contributed by atoms with Crippen LogP contribution in [0.5, 0.6) is 0 Å². The zero-order valence-corrected chi connectivity index (χ0v) is 15.1. The van der Waals surface area contributed by atoms with Crippen LogP contribution in [0.15, 0.2) is 14.7 Å². The molecule has 0 spiro atoms. The average Bonchev–Trinajstić information content (AvgIpc) is 2.83. The molecule has 1 aliphatic heterocycles. The van der Waals surface area contributed by atoms with Gasteiger partial charge >= 0.3 is 5.97 Å². The van der Waals surface area contributed by atoms with Crippen molar-refractivity contribution in [2.75, 3.05) is 37.7 Å². The van der Waals surface area contributed by atoms with Crippen LogP contribution < -0.4 is 4.72 Å². The van der Waals surface area contributed by atoms with Crippen molar-refractivity contribution in [3.8, 4) is 0 Å². The van der Waals surface area contributed by atoms with Crippen LogP contribution in [0.4, 0.5) is 0 Å². The molecule has 0 amide bonds. The first-order valence-electron chi connectivity index (χ1n) is 6.22. The third-order valence-corrected chi connectivity index (χ3v) is 7.62. The summed E-state index contributed by atoms with van der Waals surface area (Å²) in [5.74, 6) is 1.02. The molecule has 1 aromatic rings. The Hall–Kier alpha value is -0.130. The van der Waals surface area contributed by atoms with Crippen molar-refractivity contribution >= 4 is 55.0 Å². The van der Waals surface area contributed by atoms with Gasteiger partial charge in [0, 0.05) is 37.7 Å². The number of thioether (sulfide) groups is 1. The first-order valence-corrected chi connectivity index (χ1v) is 10.5. The number of thiophene rings is 1. The highest BCUT2D eigenvalue weighted by Crippen LogP contribution is 2.31. The summed E-state index contributed by atoms with van der Waals surface area (Å²) in [7, 11) is -3.69. The maximum atomic E-state index is 12.2. The molecule has 0 atom stereocenters. The third kappa shape index (κ3) is 4.67. The zero-order valence-electron chi connectivity index (χ0n) is 11.0. The van der Waals surface area contributed by atoms with Crippen molar-refractivity contribution in [3.63, 3.8) is 0 Å². The number of halogens is 1. The Morgan fingerprint density at radius 3 is 2.67 bits per heavy atom. The van der Waals surface area contributed by atoms with E-state index in [-0.39, 0.29) is 9.77 Å². The predicted octanol–water partition coefficient (Wildman–Crippen LogP) is 1.54. The Morgan fingerprint density at radius 1 is 1.43 bits per heavy atom. The fraction of sp³-hybridized carbons (Fsp3) is 0.545. The molecule has 2 rings (SSSR count). The molecule has 0 bridgehead atoms. The molecule has 21 heavy (non-hydrogen) atoms. The maximum Gasteiger partial charge on any atom is 0.345 e. The summed E-state index contributed by atoms with van der Waals surface area (Å²) in [5, 5.41) is 8.90. The first-order chi connectivity index (χ1) is 9.90. The third-order valence-electron chi connectivity index (χ3n) is 2.98. The summed E-state index contributed by atoms with van der Waals surface area (Å²) < 4.78 is 27.2. The molecule has 118 valence electrons. The number of sulfonamides is 1. The van der Waals surface area contributed by atoms with Gasteiger partial charge in [-0.3, -0.25) is 0 Å². The standard InChI is InChI=1S/C11H15BrN2O4S3/c12-10-9(7-8(20-10)11(15)16)21(17,18)13-1-2-14-3-5-19-6-4-14/h7,13H,1-6H2,(H,15,16). The van der Waals surface area contributed by atoms with Gasteiger partial charge in [-0.25, -0.2) is 17.9 Å². The Morgan fingerprint density at radius 2 is 2.10 bits per heavy atom. The molecule has 1 saturated heterocycles. The van der Waals surface area contributed by atoms with Gasteiger partial charge in [0.1, 0.15) is 9.77 Å². The van der Waals surface area contributed by atoms with E-state index in [1.165, 1.54) is 6.07 Å². The number of rotatable bonds is 6. The topological polar surface area (TPSA) is 86.7 Å². The largest absolute Gasteiger partial charge is 0.477 e. The number of nitrogens with zero attached hydrogens (tertiary/aromatic N) is 1. The molecule has 0 aromatic carbocycles. The van der Waals surface area contributed by atoms with Crippen molar-refractivity contribution in [1.82, 2.24) is 9.62 Å². The molecule has 2 heterocycles. The minimum atomic E-state index is -3.69. The second-order valence-corrected chi connectivity index (χ2v) is 9.74. The van der Waals surface area contributed by atoms with Crippen LogP contribution in [0.2, 0.25) is 0 Å². The summed E-state index contributed by atoms with van der Waals surface area (Å²) in [6.07, 6.45) is 0. The summed E-state index contributed by atoms with van der Waals surface area (Å²) in [5.41, 5.74) is 0. The van der Waals surface area contributed by atoms with Gasteiger partial charge in [-0.15, -0.1) is 11.3 Å². The van der Waals surface area contributed by atoms with Gasteiger partial charge < -0.3 is 10.0 Å². The van der Waals surface area contributed by atoms with Gasteiger partial charge in [0.15, 0.2) is 0 Å². The zero-order chi connectivity index (χ0) is 15.5. The van der Waals surface area contributed by atoms with E-state index in [4.69, 9.17) is 5.11 Å². The summed E-state index contributed by atoms with van der Waals surface area (Å²) in [6, 6.07) is 1.18. The highest BCUT2D eigenvalue weighted by molar-refractivity contribution is 9.11. The Kier molecular flexibility index (Phi) is 6.09. The minimum absolute atomic E-state index is 0.00435. The monoisotopic (exact) mass is 414 g/mol. The lowest BCUT2D eigenvalue weighted by Crippen LogP contribution is -2.39. The molecule has 1 aromatic heterocycles. The Labute approximate surface area is 140 Å². The maximum absolute atomic E-state index is 12.2. The molecule has 2 N–H and O–H groups in total. The quantitative estimate of drug-likeness (QED) is 0.733. The van der Waals surface area contributed by atoms with E-state index in [1.807, 2.05) is 11.8 Å². The molecule has 0 saturated carbocycles. The lowest BCUT2D eigenvalue weighted by atomic mass is 10.5. The normalized spacial score (nSPS) is 17.0. The molecule has 1 aliphatic rings. The SMILES string of the molecule is O=C(O)c1cc(S(=O)(=O)NCCN2CCSCC2)c(Br)s1. The average molecular weight is 415 g/mol. The molecular weight excluding hydrogens is 400 g/mol. The molecule has 0 radical (unpaired) electrons. The van der Waals surface area contributed by atoms with Crippen molar-refractivity contribution in [1.29, 1.82) is 0 Å². The van der Waals surface area contributed by atoms with Crippen LogP contribution in [0, 0.1) is 0 Å². The van der Waals surface area contributed by atoms with E-state index >= 15 is 0 Å². The van der Waals surface area contributed by atoms with Gasteiger partial charge in [0.05, 0.1) is 3.79 Å². The van der Waals surface area contributed by atoms with Crippen molar-refractivity contribution in [3.05, 3.63) is 14.7 Å². The van der Waals surface area contributed by atoms with Crippen LogP contribution in [0.1, 0.15) is 9.67 Å². The van der Waals surface area contributed by atoms with E-state index in [2.05, 4.69) is 25.6 Å². The van der Waals surface area contributed by atoms with Crippen LogP contribution in [-0.2, 0) is 10.0 Å². The van der Waals surface area contributed by atoms with E-state index in [0.29, 0.717) is 16.9 Å². The predicted molar refractivity (Wildman–Crippen MR) is 87.9 cm³/mol. The van der Waals surface area contributed by atoms with Crippen LogP contribution >= 0.6 is 39.0 Å². The smallest absolute Gasteiger partial charge is 0.345 e. The second kappa shape index (κ2) is 7.42. The lowest BCUT2D eigenvalue weighted by molar-refractivity contribution is 0.0702. The van der Waals surface area contributed by atoms with Gasteiger partial charge in [0.2, 0.25) is 10.0 Å². The van der Waals surface area contributed by atoms with Crippen LogP contribution in [0.3, 0.4) is 0 Å². The molecular formula is C11H15BrN2O4S3. The molecule has 0 unspecified atom stereocenters. The molecule has 6 nitrogen and oxygen atoms in total. The number of carboxylic acids is 1. The van der Waals surface area contributed by atoms with E-state index in [0.717, 1.165) is 35.9 Å². The van der Waals surface area contributed by atoms with Crippen LogP contribution in [-0.4, -0.2) is 62.1 Å². The number of aromatic carboxylic acids is 1. The van der Waals surface area contributed by atoms with Crippen molar-refractivity contribution in [2.45, 2.75) is 4.90 Å².